The minimum absolute atomic E-state index is 0.267. The van der Waals surface area contributed by atoms with Crippen molar-refractivity contribution in [3.8, 4) is 0 Å². The number of hydrogen-bond donors (Lipinski definition) is 1. The third kappa shape index (κ3) is 2.24. The van der Waals surface area contributed by atoms with Crippen LogP contribution in [0.1, 0.15) is 12.1 Å². The lowest BCUT2D eigenvalue weighted by atomic mass is 10.1. The summed E-state index contributed by atoms with van der Waals surface area (Å²) in [5.41, 5.74) is 0.863. The van der Waals surface area contributed by atoms with Gasteiger partial charge in [-0.1, -0.05) is 11.6 Å². The topological polar surface area (TPSA) is 36.4 Å². The zero-order valence-electron chi connectivity index (χ0n) is 8.78. The molecule has 1 aliphatic heterocycles. The lowest BCUT2D eigenvalue weighted by Gasteiger charge is -2.17. The fourth-order valence-corrected chi connectivity index (χ4v) is 2.00. The average molecular weight is 227 g/mol. The summed E-state index contributed by atoms with van der Waals surface area (Å²) in [7, 11) is 0. The van der Waals surface area contributed by atoms with Crippen LogP contribution in [-0.2, 0) is 0 Å². The number of aromatic nitrogens is 1. The summed E-state index contributed by atoms with van der Waals surface area (Å²) in [5.74, 6) is 1.36. The van der Waals surface area contributed by atoms with E-state index >= 15 is 0 Å². The van der Waals surface area contributed by atoms with Crippen LogP contribution in [0.5, 0.6) is 0 Å². The van der Waals surface area contributed by atoms with E-state index < -0.39 is 0 Å². The van der Waals surface area contributed by atoms with Crippen LogP contribution in [0.4, 0.5) is 5.82 Å². The molecule has 1 N–H and O–H groups in total. The molecule has 82 valence electrons. The molecule has 0 spiro atoms. The van der Waals surface area contributed by atoms with Gasteiger partial charge in [-0.05, 0) is 25.5 Å². The molecule has 3 nitrogen and oxygen atoms in total. The third-order valence-corrected chi connectivity index (χ3v) is 3.27. The van der Waals surface area contributed by atoms with Crippen LogP contribution in [-0.4, -0.2) is 29.8 Å². The van der Waals surface area contributed by atoms with Gasteiger partial charge in [0.1, 0.15) is 5.82 Å². The molecule has 1 saturated heterocycles. The Morgan fingerprint density at radius 2 is 2.40 bits per heavy atom. The van der Waals surface area contributed by atoms with Crippen LogP contribution in [0.15, 0.2) is 12.1 Å². The van der Waals surface area contributed by atoms with Crippen molar-refractivity contribution in [3.63, 3.8) is 0 Å². The predicted molar refractivity (Wildman–Crippen MR) is 61.4 cm³/mol. The molecule has 0 radical (unpaired) electrons. The van der Waals surface area contributed by atoms with E-state index in [2.05, 4.69) is 9.88 Å². The van der Waals surface area contributed by atoms with Crippen molar-refractivity contribution in [2.75, 3.05) is 24.6 Å². The van der Waals surface area contributed by atoms with E-state index in [1.54, 1.807) is 0 Å². The molecular weight excluding hydrogens is 212 g/mol. The second-order valence-electron chi connectivity index (χ2n) is 4.02. The zero-order chi connectivity index (χ0) is 10.8. The van der Waals surface area contributed by atoms with Crippen LogP contribution in [0, 0.1) is 12.8 Å². The second kappa shape index (κ2) is 4.37. The van der Waals surface area contributed by atoms with Crippen LogP contribution in [0.3, 0.4) is 0 Å². The molecule has 1 unspecified atom stereocenters. The van der Waals surface area contributed by atoms with Gasteiger partial charge in [0.05, 0.1) is 10.7 Å². The SMILES string of the molecule is Cc1nc(N2CCC(CO)C2)ccc1Cl. The van der Waals surface area contributed by atoms with Gasteiger partial charge in [-0.2, -0.15) is 0 Å². The van der Waals surface area contributed by atoms with E-state index in [-0.39, 0.29) is 6.61 Å². The smallest absolute Gasteiger partial charge is 0.128 e. The van der Waals surface area contributed by atoms with Crippen LogP contribution >= 0.6 is 11.6 Å². The summed E-state index contributed by atoms with van der Waals surface area (Å²) in [6.45, 7) is 4.04. The van der Waals surface area contributed by atoms with E-state index in [9.17, 15) is 0 Å². The summed E-state index contributed by atoms with van der Waals surface area (Å²) >= 11 is 5.92. The largest absolute Gasteiger partial charge is 0.396 e. The van der Waals surface area contributed by atoms with E-state index in [4.69, 9.17) is 16.7 Å². The number of rotatable bonds is 2. The first-order chi connectivity index (χ1) is 7.20. The molecule has 1 fully saturated rings. The van der Waals surface area contributed by atoms with Crippen molar-refractivity contribution >= 4 is 17.4 Å². The lowest BCUT2D eigenvalue weighted by Crippen LogP contribution is -2.21. The Morgan fingerprint density at radius 1 is 1.60 bits per heavy atom. The van der Waals surface area contributed by atoms with Gasteiger partial charge in [0.15, 0.2) is 0 Å². The van der Waals surface area contributed by atoms with Gasteiger partial charge >= 0.3 is 0 Å². The average Bonchev–Trinajstić information content (AvgIpc) is 2.70. The maximum Gasteiger partial charge on any atom is 0.128 e. The quantitative estimate of drug-likeness (QED) is 0.837. The highest BCUT2D eigenvalue weighted by atomic mass is 35.5. The Bertz CT molecular complexity index is 356. The Balaban J connectivity index is 2.13. The number of nitrogens with zero attached hydrogens (tertiary/aromatic N) is 2. The van der Waals surface area contributed by atoms with Gasteiger partial charge in [0.25, 0.3) is 0 Å². The van der Waals surface area contributed by atoms with E-state index in [1.807, 2.05) is 19.1 Å². The molecule has 4 heteroatoms. The molecule has 2 heterocycles. The monoisotopic (exact) mass is 226 g/mol. The van der Waals surface area contributed by atoms with E-state index in [0.717, 1.165) is 31.0 Å². The van der Waals surface area contributed by atoms with Gasteiger partial charge < -0.3 is 10.0 Å². The maximum atomic E-state index is 9.06. The van der Waals surface area contributed by atoms with Crippen molar-refractivity contribution in [1.82, 2.24) is 4.98 Å². The fraction of sp³-hybridized carbons (Fsp3) is 0.545. The number of pyridine rings is 1. The molecule has 1 aliphatic rings. The normalized spacial score (nSPS) is 21.0. The molecule has 2 rings (SSSR count). The zero-order valence-corrected chi connectivity index (χ0v) is 9.54. The molecule has 15 heavy (non-hydrogen) atoms. The van der Waals surface area contributed by atoms with Crippen molar-refractivity contribution < 1.29 is 5.11 Å². The van der Waals surface area contributed by atoms with Crippen molar-refractivity contribution in [1.29, 1.82) is 0 Å². The lowest BCUT2D eigenvalue weighted by molar-refractivity contribution is 0.238. The molecule has 1 aromatic rings. The van der Waals surface area contributed by atoms with Crippen LogP contribution in [0.25, 0.3) is 0 Å². The fourth-order valence-electron chi connectivity index (χ4n) is 1.90. The predicted octanol–water partition coefficient (Wildman–Crippen LogP) is 1.86. The van der Waals surface area contributed by atoms with Gasteiger partial charge in [0, 0.05) is 25.6 Å². The Morgan fingerprint density at radius 3 is 3.00 bits per heavy atom. The van der Waals surface area contributed by atoms with Crippen LogP contribution in [0.2, 0.25) is 5.02 Å². The first-order valence-electron chi connectivity index (χ1n) is 5.19. The maximum absolute atomic E-state index is 9.06. The van der Waals surface area contributed by atoms with E-state index in [1.165, 1.54) is 0 Å². The number of anilines is 1. The molecular formula is C11H15ClN2O. The highest BCUT2D eigenvalue weighted by Crippen LogP contribution is 2.24. The third-order valence-electron chi connectivity index (χ3n) is 2.87. The molecule has 0 aromatic carbocycles. The summed E-state index contributed by atoms with van der Waals surface area (Å²) < 4.78 is 0. The van der Waals surface area contributed by atoms with Gasteiger partial charge in [-0.15, -0.1) is 0 Å². The molecule has 1 aromatic heterocycles. The standard InChI is InChI=1S/C11H15ClN2O/c1-8-10(12)2-3-11(13-8)14-5-4-9(6-14)7-15/h2-3,9,15H,4-7H2,1H3. The summed E-state index contributed by atoms with van der Waals surface area (Å²) in [5, 5.41) is 9.77. The first-order valence-corrected chi connectivity index (χ1v) is 5.57. The van der Waals surface area contributed by atoms with E-state index in [0.29, 0.717) is 10.9 Å². The van der Waals surface area contributed by atoms with Crippen molar-refractivity contribution in [2.24, 2.45) is 5.92 Å². The van der Waals surface area contributed by atoms with Gasteiger partial charge in [-0.25, -0.2) is 4.98 Å². The molecule has 0 bridgehead atoms. The molecule has 0 aliphatic carbocycles. The molecule has 0 amide bonds. The number of aliphatic hydroxyl groups is 1. The number of halogens is 1. The summed E-state index contributed by atoms with van der Waals surface area (Å²) in [6, 6.07) is 3.82. The number of hydrogen-bond acceptors (Lipinski definition) is 3. The summed E-state index contributed by atoms with van der Waals surface area (Å²) in [4.78, 5) is 6.63. The molecule has 0 saturated carbocycles. The number of aryl methyl sites for hydroxylation is 1. The minimum atomic E-state index is 0.267. The Hall–Kier alpha value is -0.800. The van der Waals surface area contributed by atoms with Gasteiger partial charge in [-0.3, -0.25) is 0 Å². The minimum Gasteiger partial charge on any atom is -0.396 e. The first kappa shape index (κ1) is 10.7. The Labute approximate surface area is 94.7 Å². The Kier molecular flexibility index (Phi) is 3.12. The van der Waals surface area contributed by atoms with Gasteiger partial charge in [0.2, 0.25) is 0 Å². The van der Waals surface area contributed by atoms with Crippen LogP contribution < -0.4 is 4.90 Å². The van der Waals surface area contributed by atoms with Crippen molar-refractivity contribution in [3.05, 3.63) is 22.8 Å². The van der Waals surface area contributed by atoms with Crippen molar-refractivity contribution in [2.45, 2.75) is 13.3 Å². The molecule has 1 atom stereocenters. The summed E-state index contributed by atoms with van der Waals surface area (Å²) in [6.07, 6.45) is 1.04. The highest BCUT2D eigenvalue weighted by molar-refractivity contribution is 6.31. The highest BCUT2D eigenvalue weighted by Gasteiger charge is 2.22. The number of aliphatic hydroxyl groups excluding tert-OH is 1. The second-order valence-corrected chi connectivity index (χ2v) is 4.43.